The lowest BCUT2D eigenvalue weighted by Gasteiger charge is -2.07. The van der Waals surface area contributed by atoms with Crippen molar-refractivity contribution in [1.29, 1.82) is 0 Å². The van der Waals surface area contributed by atoms with Gasteiger partial charge in [-0.15, -0.1) is 11.3 Å². The van der Waals surface area contributed by atoms with Gasteiger partial charge < -0.3 is 4.74 Å². The van der Waals surface area contributed by atoms with E-state index in [0.29, 0.717) is 26.2 Å². The van der Waals surface area contributed by atoms with Crippen molar-refractivity contribution in [2.75, 3.05) is 7.11 Å². The van der Waals surface area contributed by atoms with Crippen molar-refractivity contribution < 1.29 is 9.53 Å². The minimum Gasteiger partial charge on any atom is -0.496 e. The van der Waals surface area contributed by atoms with Crippen LogP contribution in [-0.4, -0.2) is 12.9 Å². The highest BCUT2D eigenvalue weighted by Gasteiger charge is 2.18. The molecule has 0 unspecified atom stereocenters. The number of rotatable bonds is 3. The summed E-state index contributed by atoms with van der Waals surface area (Å²) in [5.41, 5.74) is 0.421. The van der Waals surface area contributed by atoms with Gasteiger partial charge in [0.2, 0.25) is 5.78 Å². The fraction of sp³-hybridized carbons (Fsp3) is 0.0833. The predicted molar refractivity (Wildman–Crippen MR) is 70.8 cm³/mol. The normalized spacial score (nSPS) is 10.3. The standard InChI is InChI=1S/C12H8Cl2O2S/c1-16-10-3-2-7(13)6-8(10)11(15)12-9(14)4-5-17-12/h2-6H,1H3. The summed E-state index contributed by atoms with van der Waals surface area (Å²) < 4.78 is 5.14. The quantitative estimate of drug-likeness (QED) is 0.787. The van der Waals surface area contributed by atoms with Crippen molar-refractivity contribution in [2.45, 2.75) is 0 Å². The van der Waals surface area contributed by atoms with Crippen LogP contribution in [0.3, 0.4) is 0 Å². The van der Waals surface area contributed by atoms with Gasteiger partial charge in [0.1, 0.15) is 5.75 Å². The Bertz CT molecular complexity index is 563. The van der Waals surface area contributed by atoms with Gasteiger partial charge in [-0.05, 0) is 29.6 Å². The Balaban J connectivity index is 2.50. The first-order valence-electron chi connectivity index (χ1n) is 4.74. The highest BCUT2D eigenvalue weighted by Crippen LogP contribution is 2.30. The summed E-state index contributed by atoms with van der Waals surface area (Å²) in [7, 11) is 1.51. The van der Waals surface area contributed by atoms with E-state index >= 15 is 0 Å². The first-order chi connectivity index (χ1) is 8.13. The third kappa shape index (κ3) is 2.46. The Kier molecular flexibility index (Phi) is 3.72. The zero-order valence-electron chi connectivity index (χ0n) is 8.87. The van der Waals surface area contributed by atoms with Crippen molar-refractivity contribution >= 4 is 40.3 Å². The van der Waals surface area contributed by atoms with Gasteiger partial charge >= 0.3 is 0 Å². The van der Waals surface area contributed by atoms with E-state index in [1.165, 1.54) is 18.4 Å². The summed E-state index contributed by atoms with van der Waals surface area (Å²) in [6, 6.07) is 6.61. The van der Waals surface area contributed by atoms with Gasteiger partial charge in [0.05, 0.1) is 22.6 Å². The van der Waals surface area contributed by atoms with Gasteiger partial charge in [-0.3, -0.25) is 4.79 Å². The molecule has 17 heavy (non-hydrogen) atoms. The Labute approximate surface area is 113 Å². The van der Waals surface area contributed by atoms with Crippen LogP contribution in [0.4, 0.5) is 0 Å². The van der Waals surface area contributed by atoms with E-state index in [2.05, 4.69) is 0 Å². The molecule has 0 atom stereocenters. The minimum absolute atomic E-state index is 0.177. The molecule has 0 fully saturated rings. The molecule has 5 heteroatoms. The fourth-order valence-corrected chi connectivity index (χ4v) is 2.70. The number of methoxy groups -OCH3 is 1. The van der Waals surface area contributed by atoms with E-state index in [0.717, 1.165) is 0 Å². The van der Waals surface area contributed by atoms with E-state index in [-0.39, 0.29) is 5.78 Å². The number of ketones is 1. The van der Waals surface area contributed by atoms with Crippen LogP contribution in [0.1, 0.15) is 15.2 Å². The second kappa shape index (κ2) is 5.08. The van der Waals surface area contributed by atoms with E-state index in [1.807, 2.05) is 0 Å². The molecule has 2 nitrogen and oxygen atoms in total. The van der Waals surface area contributed by atoms with Crippen LogP contribution in [0.15, 0.2) is 29.6 Å². The average Bonchev–Trinajstić information content (AvgIpc) is 2.74. The van der Waals surface area contributed by atoms with Gasteiger partial charge in [0.25, 0.3) is 0 Å². The molecule has 0 aliphatic heterocycles. The molecule has 0 aliphatic carbocycles. The number of benzene rings is 1. The van der Waals surface area contributed by atoms with Crippen LogP contribution >= 0.6 is 34.5 Å². The highest BCUT2D eigenvalue weighted by atomic mass is 35.5. The van der Waals surface area contributed by atoms with Crippen LogP contribution in [0.5, 0.6) is 5.75 Å². The molecule has 1 heterocycles. The third-order valence-electron chi connectivity index (χ3n) is 2.23. The SMILES string of the molecule is COc1ccc(Cl)cc1C(=O)c1sccc1Cl. The fourth-order valence-electron chi connectivity index (χ4n) is 1.44. The Hall–Kier alpha value is -1.03. The molecule has 0 amide bonds. The maximum absolute atomic E-state index is 12.2. The molecule has 88 valence electrons. The molecule has 0 radical (unpaired) electrons. The molecule has 0 N–H and O–H groups in total. The molecule has 2 rings (SSSR count). The van der Waals surface area contributed by atoms with Crippen molar-refractivity contribution in [1.82, 2.24) is 0 Å². The van der Waals surface area contributed by atoms with Crippen LogP contribution in [0, 0.1) is 0 Å². The third-order valence-corrected chi connectivity index (χ3v) is 3.80. The zero-order chi connectivity index (χ0) is 12.4. The molecule has 1 aromatic heterocycles. The predicted octanol–water partition coefficient (Wildman–Crippen LogP) is 4.29. The molecule has 1 aromatic carbocycles. The molecule has 0 saturated heterocycles. The van der Waals surface area contributed by atoms with E-state index in [1.54, 1.807) is 29.6 Å². The number of thiophene rings is 1. The number of carbonyl (C=O) groups excluding carboxylic acids is 1. The molecule has 0 spiro atoms. The van der Waals surface area contributed by atoms with Gasteiger partial charge in [-0.2, -0.15) is 0 Å². The molecular weight excluding hydrogens is 279 g/mol. The van der Waals surface area contributed by atoms with Gasteiger partial charge in [-0.25, -0.2) is 0 Å². The zero-order valence-corrected chi connectivity index (χ0v) is 11.2. The molecule has 0 saturated carbocycles. The maximum atomic E-state index is 12.2. The summed E-state index contributed by atoms with van der Waals surface area (Å²) in [5.74, 6) is 0.313. The molecular formula is C12H8Cl2O2S. The topological polar surface area (TPSA) is 26.3 Å². The molecule has 2 aromatic rings. The lowest BCUT2D eigenvalue weighted by Crippen LogP contribution is -2.02. The van der Waals surface area contributed by atoms with Crippen LogP contribution < -0.4 is 4.74 Å². The second-order valence-electron chi connectivity index (χ2n) is 3.27. The first-order valence-corrected chi connectivity index (χ1v) is 6.38. The van der Waals surface area contributed by atoms with Gasteiger partial charge in [0, 0.05) is 5.02 Å². The number of ether oxygens (including phenoxy) is 1. The van der Waals surface area contributed by atoms with Crippen molar-refractivity contribution in [3.63, 3.8) is 0 Å². The number of hydrogen-bond acceptors (Lipinski definition) is 3. The summed E-state index contributed by atoms with van der Waals surface area (Å²) >= 11 is 13.1. The highest BCUT2D eigenvalue weighted by molar-refractivity contribution is 7.13. The number of carbonyl (C=O) groups is 1. The summed E-state index contributed by atoms with van der Waals surface area (Å²) in [4.78, 5) is 12.7. The average molecular weight is 287 g/mol. The largest absolute Gasteiger partial charge is 0.496 e. The lowest BCUT2D eigenvalue weighted by atomic mass is 10.1. The summed E-state index contributed by atoms with van der Waals surface area (Å²) in [6.45, 7) is 0. The van der Waals surface area contributed by atoms with E-state index in [9.17, 15) is 4.79 Å². The van der Waals surface area contributed by atoms with Crippen LogP contribution in [0.2, 0.25) is 10.0 Å². The van der Waals surface area contributed by atoms with E-state index < -0.39 is 0 Å². The van der Waals surface area contributed by atoms with Gasteiger partial charge in [-0.1, -0.05) is 23.2 Å². The smallest absolute Gasteiger partial charge is 0.208 e. The number of halogens is 2. The van der Waals surface area contributed by atoms with Crippen molar-refractivity contribution in [2.24, 2.45) is 0 Å². The number of hydrogen-bond donors (Lipinski definition) is 0. The van der Waals surface area contributed by atoms with Crippen molar-refractivity contribution in [3.8, 4) is 5.75 Å². The van der Waals surface area contributed by atoms with Gasteiger partial charge in [0.15, 0.2) is 0 Å². The molecule has 0 aliphatic rings. The summed E-state index contributed by atoms with van der Waals surface area (Å²) in [6.07, 6.45) is 0. The monoisotopic (exact) mass is 286 g/mol. The first kappa shape index (κ1) is 12.4. The Morgan fingerprint density at radius 1 is 1.29 bits per heavy atom. The maximum Gasteiger partial charge on any atom is 0.208 e. The van der Waals surface area contributed by atoms with Crippen LogP contribution in [-0.2, 0) is 0 Å². The van der Waals surface area contributed by atoms with Crippen LogP contribution in [0.25, 0.3) is 0 Å². The minimum atomic E-state index is -0.177. The second-order valence-corrected chi connectivity index (χ2v) is 5.03. The Morgan fingerprint density at radius 2 is 2.06 bits per heavy atom. The lowest BCUT2D eigenvalue weighted by molar-refractivity contribution is 0.104. The Morgan fingerprint density at radius 3 is 2.65 bits per heavy atom. The summed E-state index contributed by atoms with van der Waals surface area (Å²) in [5, 5.41) is 2.70. The molecule has 0 bridgehead atoms. The van der Waals surface area contributed by atoms with Crippen molar-refractivity contribution in [3.05, 3.63) is 50.1 Å². The van der Waals surface area contributed by atoms with E-state index in [4.69, 9.17) is 27.9 Å².